The number of hydrogen-bond acceptors (Lipinski definition) is 5. The fourth-order valence-corrected chi connectivity index (χ4v) is 3.00. The van der Waals surface area contributed by atoms with Gasteiger partial charge in [-0.1, -0.05) is 6.07 Å². The molecule has 2 aromatic rings. The number of anilines is 1. The zero-order valence-electron chi connectivity index (χ0n) is 13.2. The van der Waals surface area contributed by atoms with E-state index in [1.807, 2.05) is 12.3 Å². The van der Waals surface area contributed by atoms with Crippen LogP contribution in [0.1, 0.15) is 30.1 Å². The van der Waals surface area contributed by atoms with Crippen LogP contribution in [0.25, 0.3) is 0 Å². The SMILES string of the molecule is COc1cc(CN(C)c2ccnc(C3CC3)n2)ccc1SC. The number of methoxy groups -OCH3 is 1. The van der Waals surface area contributed by atoms with Crippen LogP contribution < -0.4 is 9.64 Å². The second kappa shape index (κ2) is 6.57. The van der Waals surface area contributed by atoms with Crippen molar-refractivity contribution < 1.29 is 4.74 Å². The quantitative estimate of drug-likeness (QED) is 0.760. The summed E-state index contributed by atoms with van der Waals surface area (Å²) in [5.74, 6) is 3.47. The van der Waals surface area contributed by atoms with Gasteiger partial charge in [0.15, 0.2) is 0 Å². The summed E-state index contributed by atoms with van der Waals surface area (Å²) in [6.07, 6.45) is 6.37. The van der Waals surface area contributed by atoms with Crippen molar-refractivity contribution in [3.05, 3.63) is 41.9 Å². The molecule has 0 N–H and O–H groups in total. The van der Waals surface area contributed by atoms with E-state index < -0.39 is 0 Å². The molecular weight excluding hydrogens is 294 g/mol. The highest BCUT2D eigenvalue weighted by molar-refractivity contribution is 7.98. The molecule has 0 spiro atoms. The predicted octanol–water partition coefficient (Wildman–Crippen LogP) is 3.72. The number of nitrogens with zero attached hydrogens (tertiary/aromatic N) is 3. The minimum atomic E-state index is 0.578. The molecule has 1 aromatic heterocycles. The number of ether oxygens (including phenoxy) is 1. The summed E-state index contributed by atoms with van der Waals surface area (Å²) in [5, 5.41) is 0. The van der Waals surface area contributed by atoms with Gasteiger partial charge in [0.25, 0.3) is 0 Å². The molecule has 22 heavy (non-hydrogen) atoms. The maximum atomic E-state index is 5.46. The van der Waals surface area contributed by atoms with Crippen molar-refractivity contribution in [3.8, 4) is 5.75 Å². The molecular formula is C17H21N3OS. The minimum absolute atomic E-state index is 0.578. The molecule has 1 fully saturated rings. The van der Waals surface area contributed by atoms with Crippen molar-refractivity contribution in [2.24, 2.45) is 0 Å². The lowest BCUT2D eigenvalue weighted by Gasteiger charge is -2.19. The number of hydrogen-bond donors (Lipinski definition) is 0. The predicted molar refractivity (Wildman–Crippen MR) is 90.9 cm³/mol. The number of benzene rings is 1. The van der Waals surface area contributed by atoms with Crippen LogP contribution in [0.3, 0.4) is 0 Å². The molecule has 0 saturated heterocycles. The van der Waals surface area contributed by atoms with Gasteiger partial charge in [0.05, 0.1) is 7.11 Å². The van der Waals surface area contributed by atoms with Gasteiger partial charge in [-0.05, 0) is 42.9 Å². The van der Waals surface area contributed by atoms with E-state index in [0.717, 1.165) is 28.8 Å². The molecule has 4 nitrogen and oxygen atoms in total. The first-order valence-corrected chi connectivity index (χ1v) is 8.68. The first-order valence-electron chi connectivity index (χ1n) is 7.46. The van der Waals surface area contributed by atoms with E-state index in [4.69, 9.17) is 4.74 Å². The molecule has 1 heterocycles. The van der Waals surface area contributed by atoms with Crippen LogP contribution in [0.4, 0.5) is 5.82 Å². The molecule has 5 heteroatoms. The Kier molecular flexibility index (Phi) is 4.52. The second-order valence-corrected chi connectivity index (χ2v) is 6.44. The fraction of sp³-hybridized carbons (Fsp3) is 0.412. The molecule has 1 aromatic carbocycles. The molecule has 1 aliphatic carbocycles. The highest BCUT2D eigenvalue weighted by atomic mass is 32.2. The van der Waals surface area contributed by atoms with E-state index >= 15 is 0 Å². The van der Waals surface area contributed by atoms with Crippen molar-refractivity contribution in [3.63, 3.8) is 0 Å². The van der Waals surface area contributed by atoms with Gasteiger partial charge in [-0.3, -0.25) is 0 Å². The van der Waals surface area contributed by atoms with E-state index in [2.05, 4.69) is 46.4 Å². The van der Waals surface area contributed by atoms with Crippen LogP contribution in [-0.4, -0.2) is 30.4 Å². The van der Waals surface area contributed by atoms with E-state index in [-0.39, 0.29) is 0 Å². The summed E-state index contributed by atoms with van der Waals surface area (Å²) < 4.78 is 5.46. The molecule has 0 aliphatic heterocycles. The lowest BCUT2D eigenvalue weighted by atomic mass is 10.2. The first kappa shape index (κ1) is 15.2. The van der Waals surface area contributed by atoms with Crippen molar-refractivity contribution in [2.45, 2.75) is 30.2 Å². The summed E-state index contributed by atoms with van der Waals surface area (Å²) in [6, 6.07) is 8.33. The Bertz CT molecular complexity index is 658. The smallest absolute Gasteiger partial charge is 0.133 e. The lowest BCUT2D eigenvalue weighted by molar-refractivity contribution is 0.404. The van der Waals surface area contributed by atoms with Crippen LogP contribution >= 0.6 is 11.8 Å². The van der Waals surface area contributed by atoms with Gasteiger partial charge in [0.1, 0.15) is 17.4 Å². The average molecular weight is 315 g/mol. The van der Waals surface area contributed by atoms with E-state index in [9.17, 15) is 0 Å². The maximum absolute atomic E-state index is 5.46. The summed E-state index contributed by atoms with van der Waals surface area (Å²) in [4.78, 5) is 12.4. The van der Waals surface area contributed by atoms with Gasteiger partial charge < -0.3 is 9.64 Å². The third kappa shape index (κ3) is 3.35. The number of rotatable bonds is 6. The molecule has 116 valence electrons. The Morgan fingerprint density at radius 2 is 2.14 bits per heavy atom. The van der Waals surface area contributed by atoms with Gasteiger partial charge in [-0.2, -0.15) is 0 Å². The standard InChI is InChI=1S/C17H21N3OS/c1-20(16-8-9-18-17(19-16)13-5-6-13)11-12-4-7-15(22-3)14(10-12)21-2/h4,7-10,13H,5-6,11H2,1-3H3. The molecule has 0 bridgehead atoms. The molecule has 0 unspecified atom stereocenters. The summed E-state index contributed by atoms with van der Waals surface area (Å²) in [7, 11) is 3.78. The Balaban J connectivity index is 1.76. The summed E-state index contributed by atoms with van der Waals surface area (Å²) in [5.41, 5.74) is 1.21. The van der Waals surface area contributed by atoms with Crippen LogP contribution in [0.2, 0.25) is 0 Å². The molecule has 3 rings (SSSR count). The molecule has 0 amide bonds. The van der Waals surface area contributed by atoms with Gasteiger partial charge in [0, 0.05) is 30.6 Å². The lowest BCUT2D eigenvalue weighted by Crippen LogP contribution is -2.18. The Morgan fingerprint density at radius 1 is 1.32 bits per heavy atom. The third-order valence-corrected chi connectivity index (χ3v) is 4.64. The number of thioether (sulfide) groups is 1. The largest absolute Gasteiger partial charge is 0.496 e. The van der Waals surface area contributed by atoms with Crippen LogP contribution in [-0.2, 0) is 6.54 Å². The zero-order valence-corrected chi connectivity index (χ0v) is 14.1. The Labute approximate surface area is 135 Å². The van der Waals surface area contributed by atoms with E-state index in [1.165, 1.54) is 18.4 Å². The first-order chi connectivity index (χ1) is 10.7. The molecule has 0 radical (unpaired) electrons. The maximum Gasteiger partial charge on any atom is 0.133 e. The van der Waals surface area contributed by atoms with Crippen molar-refractivity contribution >= 4 is 17.6 Å². The molecule has 0 atom stereocenters. The zero-order chi connectivity index (χ0) is 15.5. The Hall–Kier alpha value is -1.75. The monoisotopic (exact) mass is 315 g/mol. The highest BCUT2D eigenvalue weighted by Crippen LogP contribution is 2.38. The van der Waals surface area contributed by atoms with Gasteiger partial charge >= 0.3 is 0 Å². The summed E-state index contributed by atoms with van der Waals surface area (Å²) >= 11 is 1.70. The van der Waals surface area contributed by atoms with Gasteiger partial charge in [-0.25, -0.2) is 9.97 Å². The van der Waals surface area contributed by atoms with Crippen molar-refractivity contribution in [2.75, 3.05) is 25.3 Å². The fourth-order valence-electron chi connectivity index (χ4n) is 2.45. The van der Waals surface area contributed by atoms with Crippen LogP contribution in [0.15, 0.2) is 35.4 Å². The molecule has 1 aliphatic rings. The minimum Gasteiger partial charge on any atom is -0.496 e. The average Bonchev–Trinajstić information content (AvgIpc) is 3.39. The normalized spacial score (nSPS) is 14.0. The van der Waals surface area contributed by atoms with Gasteiger partial charge in [-0.15, -0.1) is 11.8 Å². The van der Waals surface area contributed by atoms with Crippen LogP contribution in [0.5, 0.6) is 5.75 Å². The van der Waals surface area contributed by atoms with Gasteiger partial charge in [0.2, 0.25) is 0 Å². The topological polar surface area (TPSA) is 38.2 Å². The highest BCUT2D eigenvalue weighted by Gasteiger charge is 2.26. The summed E-state index contributed by atoms with van der Waals surface area (Å²) in [6.45, 7) is 0.798. The van der Waals surface area contributed by atoms with Crippen LogP contribution in [0, 0.1) is 0 Å². The van der Waals surface area contributed by atoms with E-state index in [1.54, 1.807) is 18.9 Å². The third-order valence-electron chi connectivity index (χ3n) is 3.86. The Morgan fingerprint density at radius 3 is 2.82 bits per heavy atom. The van der Waals surface area contributed by atoms with Crippen molar-refractivity contribution in [1.82, 2.24) is 9.97 Å². The number of aromatic nitrogens is 2. The molecule has 1 saturated carbocycles. The second-order valence-electron chi connectivity index (χ2n) is 5.59. The van der Waals surface area contributed by atoms with Crippen molar-refractivity contribution in [1.29, 1.82) is 0 Å². The van der Waals surface area contributed by atoms with E-state index in [0.29, 0.717) is 5.92 Å².